The maximum absolute atomic E-state index is 13.0. The van der Waals surface area contributed by atoms with Gasteiger partial charge >= 0.3 is 17.9 Å². The summed E-state index contributed by atoms with van der Waals surface area (Å²) in [7, 11) is 0. The molecule has 0 radical (unpaired) electrons. The first-order valence-electron chi connectivity index (χ1n) is 14.0. The first kappa shape index (κ1) is 29.0. The summed E-state index contributed by atoms with van der Waals surface area (Å²) in [5.74, 6) is -1.31. The van der Waals surface area contributed by atoms with Crippen molar-refractivity contribution >= 4 is 45.2 Å². The lowest BCUT2D eigenvalue weighted by atomic mass is 10.0. The van der Waals surface area contributed by atoms with Crippen LogP contribution in [0, 0.1) is 0 Å². The minimum atomic E-state index is -0.671. The summed E-state index contributed by atoms with van der Waals surface area (Å²) in [6.07, 6.45) is 0.167. The molecule has 0 aliphatic carbocycles. The number of hydrogen-bond acceptors (Lipinski definition) is 9. The van der Waals surface area contributed by atoms with E-state index in [0.29, 0.717) is 16.9 Å². The second kappa shape index (κ2) is 12.2. The van der Waals surface area contributed by atoms with Gasteiger partial charge in [0.1, 0.15) is 18.0 Å². The second-order valence-corrected chi connectivity index (χ2v) is 10.6. The number of hydrogen-bond donors (Lipinski definition) is 0. The van der Waals surface area contributed by atoms with Crippen molar-refractivity contribution in [2.45, 2.75) is 30.8 Å². The molecule has 0 saturated carbocycles. The van der Waals surface area contributed by atoms with E-state index in [1.165, 1.54) is 6.08 Å². The van der Waals surface area contributed by atoms with Crippen LogP contribution in [0.5, 0.6) is 5.75 Å². The third kappa shape index (κ3) is 6.01. The molecule has 9 nitrogen and oxygen atoms in total. The molecule has 2 saturated heterocycles. The van der Waals surface area contributed by atoms with Gasteiger partial charge in [0.25, 0.3) is 0 Å². The molecule has 4 atom stereocenters. The molecular formula is C35H28O9. The van der Waals surface area contributed by atoms with E-state index in [4.69, 9.17) is 23.7 Å². The van der Waals surface area contributed by atoms with Crippen molar-refractivity contribution in [3.63, 3.8) is 0 Å². The second-order valence-electron chi connectivity index (χ2n) is 10.6. The molecule has 44 heavy (non-hydrogen) atoms. The van der Waals surface area contributed by atoms with Crippen molar-refractivity contribution in [2.24, 2.45) is 0 Å². The Kier molecular flexibility index (Phi) is 8.06. The van der Waals surface area contributed by atoms with E-state index in [0.717, 1.165) is 33.2 Å². The number of ketones is 1. The van der Waals surface area contributed by atoms with Gasteiger partial charge in [-0.3, -0.25) is 4.79 Å². The summed E-state index contributed by atoms with van der Waals surface area (Å²) in [4.78, 5) is 49.2. The Balaban J connectivity index is 1.07. The number of esters is 3. The van der Waals surface area contributed by atoms with E-state index in [-0.39, 0.29) is 25.4 Å². The highest BCUT2D eigenvalue weighted by atomic mass is 16.7. The molecule has 2 aliphatic heterocycles. The molecule has 9 heteroatoms. The lowest BCUT2D eigenvalue weighted by molar-refractivity contribution is -0.129. The first-order chi connectivity index (χ1) is 21.3. The molecule has 4 aromatic carbocycles. The standard InChI is InChI=1S/C35H28O9/c1-3-27(36)14-20-5-6-22-15-25(9-7-21(22)13-20)34(38)43-29-18-40-33-30(19-41-32(29)33)44-35(39)26-10-8-24-17-28(42-31(37)4-2)12-11-23(24)16-26/h3-13,15-17,29-30,32-33H,1-2,14,18-19H2/t29-,30?,32+,33+/m0/s1. The predicted octanol–water partition coefficient (Wildman–Crippen LogP) is 4.93. The van der Waals surface area contributed by atoms with E-state index in [1.54, 1.807) is 48.5 Å². The number of rotatable bonds is 9. The molecule has 0 aromatic heterocycles. The summed E-state index contributed by atoms with van der Waals surface area (Å²) < 4.78 is 28.4. The Hall–Kier alpha value is -5.12. The Morgan fingerprint density at radius 1 is 0.682 bits per heavy atom. The fraction of sp³-hybridized carbons (Fsp3) is 0.200. The minimum Gasteiger partial charge on any atom is -0.453 e. The highest BCUT2D eigenvalue weighted by Crippen LogP contribution is 2.32. The molecule has 222 valence electrons. The zero-order valence-electron chi connectivity index (χ0n) is 23.6. The zero-order chi connectivity index (χ0) is 30.8. The summed E-state index contributed by atoms with van der Waals surface area (Å²) in [5, 5.41) is 3.28. The fourth-order valence-corrected chi connectivity index (χ4v) is 5.42. The van der Waals surface area contributed by atoms with Crippen LogP contribution >= 0.6 is 0 Å². The van der Waals surface area contributed by atoms with E-state index in [2.05, 4.69) is 13.2 Å². The number of fused-ring (bicyclic) bond motifs is 3. The molecule has 1 unspecified atom stereocenters. The normalized spacial score (nSPS) is 20.5. The molecular weight excluding hydrogens is 564 g/mol. The van der Waals surface area contributed by atoms with Gasteiger partial charge in [0.15, 0.2) is 18.0 Å². The van der Waals surface area contributed by atoms with E-state index in [1.807, 2.05) is 24.3 Å². The monoisotopic (exact) mass is 592 g/mol. The Morgan fingerprint density at radius 3 is 1.77 bits per heavy atom. The maximum Gasteiger partial charge on any atom is 0.338 e. The van der Waals surface area contributed by atoms with Crippen molar-refractivity contribution in [1.82, 2.24) is 0 Å². The summed E-state index contributed by atoms with van der Waals surface area (Å²) in [5.41, 5.74) is 1.58. The predicted molar refractivity (Wildman–Crippen MR) is 161 cm³/mol. The Bertz CT molecular complexity index is 1690. The van der Waals surface area contributed by atoms with Gasteiger partial charge in [-0.1, -0.05) is 49.6 Å². The van der Waals surface area contributed by atoms with Crippen LogP contribution in [0.15, 0.2) is 98.1 Å². The van der Waals surface area contributed by atoms with Gasteiger partial charge in [0.2, 0.25) is 0 Å². The van der Waals surface area contributed by atoms with Crippen molar-refractivity contribution in [1.29, 1.82) is 0 Å². The highest BCUT2D eigenvalue weighted by Gasteiger charge is 2.51. The molecule has 6 rings (SSSR count). The van der Waals surface area contributed by atoms with Crippen LogP contribution in [0.2, 0.25) is 0 Å². The van der Waals surface area contributed by atoms with Crippen LogP contribution in [-0.4, -0.2) is 61.3 Å². The van der Waals surface area contributed by atoms with E-state index < -0.39 is 42.3 Å². The zero-order valence-corrected chi connectivity index (χ0v) is 23.6. The smallest absolute Gasteiger partial charge is 0.338 e. The van der Waals surface area contributed by atoms with Gasteiger partial charge in [-0.25, -0.2) is 14.4 Å². The molecule has 2 aliphatic rings. The van der Waals surface area contributed by atoms with Gasteiger partial charge < -0.3 is 23.7 Å². The van der Waals surface area contributed by atoms with E-state index in [9.17, 15) is 19.2 Å². The van der Waals surface area contributed by atoms with Crippen molar-refractivity contribution in [3.05, 3.63) is 115 Å². The number of allylic oxidation sites excluding steroid dienone is 1. The van der Waals surface area contributed by atoms with Crippen LogP contribution in [-0.2, 0) is 35.0 Å². The molecule has 0 spiro atoms. The van der Waals surface area contributed by atoms with Crippen molar-refractivity contribution < 1.29 is 42.9 Å². The lowest BCUT2D eigenvalue weighted by Crippen LogP contribution is -2.36. The molecule has 2 fully saturated rings. The van der Waals surface area contributed by atoms with Gasteiger partial charge in [-0.15, -0.1) is 0 Å². The number of benzene rings is 4. The van der Waals surface area contributed by atoms with Crippen molar-refractivity contribution in [2.75, 3.05) is 13.2 Å². The van der Waals surface area contributed by atoms with Crippen LogP contribution < -0.4 is 4.74 Å². The molecule has 0 amide bonds. The molecule has 4 aromatic rings. The Morgan fingerprint density at radius 2 is 1.20 bits per heavy atom. The van der Waals surface area contributed by atoms with E-state index >= 15 is 0 Å². The van der Waals surface area contributed by atoms with Crippen molar-refractivity contribution in [3.8, 4) is 5.75 Å². The van der Waals surface area contributed by atoms with Crippen LogP contribution in [0.1, 0.15) is 26.3 Å². The lowest BCUT2D eigenvalue weighted by Gasteiger charge is -2.17. The molecule has 0 N–H and O–H groups in total. The average molecular weight is 593 g/mol. The summed E-state index contributed by atoms with van der Waals surface area (Å²) >= 11 is 0. The molecule has 2 heterocycles. The maximum atomic E-state index is 13.0. The van der Waals surface area contributed by atoms with Gasteiger partial charge in [0, 0.05) is 12.5 Å². The Labute approximate surface area is 252 Å². The topological polar surface area (TPSA) is 114 Å². The largest absolute Gasteiger partial charge is 0.453 e. The van der Waals surface area contributed by atoms with Crippen LogP contribution in [0.3, 0.4) is 0 Å². The van der Waals surface area contributed by atoms with Gasteiger partial charge in [-0.2, -0.15) is 0 Å². The van der Waals surface area contributed by atoms with Crippen LogP contribution in [0.25, 0.3) is 21.5 Å². The van der Waals surface area contributed by atoms with Crippen LogP contribution in [0.4, 0.5) is 0 Å². The highest BCUT2D eigenvalue weighted by molar-refractivity contribution is 5.97. The van der Waals surface area contributed by atoms with Gasteiger partial charge in [0.05, 0.1) is 24.3 Å². The first-order valence-corrected chi connectivity index (χ1v) is 14.0. The minimum absolute atomic E-state index is 0.0634. The fourth-order valence-electron chi connectivity index (χ4n) is 5.42. The molecule has 0 bridgehead atoms. The number of carbonyl (C=O) groups is 4. The van der Waals surface area contributed by atoms with Gasteiger partial charge in [-0.05, 0) is 69.6 Å². The third-order valence-corrected chi connectivity index (χ3v) is 7.66. The quantitative estimate of drug-likeness (QED) is 0.152. The summed E-state index contributed by atoms with van der Waals surface area (Å²) in [6, 6.07) is 21.0. The SMILES string of the molecule is C=CC(=O)Cc1ccc2cc(C(=O)O[C@H]3CO[C@@H]4C(OC(=O)c5ccc6cc(OC(=O)C=C)ccc6c5)CO[C@H]34)ccc2c1. The average Bonchev–Trinajstić information content (AvgIpc) is 3.63. The number of carbonyl (C=O) groups excluding carboxylic acids is 4. The summed E-state index contributed by atoms with van der Waals surface area (Å²) in [6.45, 7) is 7.11. The third-order valence-electron chi connectivity index (χ3n) is 7.66. The number of ether oxygens (including phenoxy) is 5.